The maximum absolute atomic E-state index is 5.54. The van der Waals surface area contributed by atoms with Crippen LogP contribution >= 0.6 is 0 Å². The molecule has 7 nitrogen and oxygen atoms in total. The lowest BCUT2D eigenvalue weighted by atomic mass is 10.2. The van der Waals surface area contributed by atoms with E-state index >= 15 is 0 Å². The molecule has 1 rings (SSSR count). The first kappa shape index (κ1) is 14.6. The number of nitrogens with one attached hydrogen (secondary N) is 1. The molecule has 102 valence electrons. The van der Waals surface area contributed by atoms with Gasteiger partial charge >= 0.3 is 0 Å². The van der Waals surface area contributed by atoms with Gasteiger partial charge in [-0.05, 0) is 6.42 Å². The van der Waals surface area contributed by atoms with Gasteiger partial charge in [0.15, 0.2) is 0 Å². The number of hydrazine groups is 1. The topological polar surface area (TPSA) is 91.5 Å². The van der Waals surface area contributed by atoms with Crippen LogP contribution in [0.4, 0.5) is 5.82 Å². The molecule has 0 amide bonds. The molecule has 0 saturated heterocycles. The Hall–Kier alpha value is -1.44. The number of nitrogens with zero attached hydrogens (tertiary/aromatic N) is 2. The van der Waals surface area contributed by atoms with Gasteiger partial charge < -0.3 is 19.6 Å². The van der Waals surface area contributed by atoms with Crippen LogP contribution in [0.2, 0.25) is 0 Å². The van der Waals surface area contributed by atoms with Gasteiger partial charge in [-0.2, -0.15) is 0 Å². The summed E-state index contributed by atoms with van der Waals surface area (Å²) in [5.74, 6) is 6.49. The summed E-state index contributed by atoms with van der Waals surface area (Å²) in [6.07, 6.45) is 2.15. The number of hydrogen-bond acceptors (Lipinski definition) is 7. The third-order valence-electron chi connectivity index (χ3n) is 2.29. The van der Waals surface area contributed by atoms with Gasteiger partial charge in [-0.3, -0.25) is 0 Å². The van der Waals surface area contributed by atoms with Crippen molar-refractivity contribution in [2.75, 3.05) is 39.0 Å². The maximum Gasteiger partial charge on any atom is 0.221 e. The minimum Gasteiger partial charge on any atom is -0.475 e. The molecule has 18 heavy (non-hydrogen) atoms. The number of nitrogen functional groups attached to an aromatic ring is 1. The van der Waals surface area contributed by atoms with Crippen molar-refractivity contribution in [1.29, 1.82) is 0 Å². The summed E-state index contributed by atoms with van der Waals surface area (Å²) in [6.45, 7) is 4.04. The fourth-order valence-electron chi connectivity index (χ4n) is 1.41. The molecule has 1 aromatic heterocycles. The number of nitrogens with two attached hydrogens (primary N) is 1. The van der Waals surface area contributed by atoms with Crippen LogP contribution in [-0.2, 0) is 15.9 Å². The molecule has 1 heterocycles. The Morgan fingerprint density at radius 2 is 2.00 bits per heavy atom. The first-order valence-electron chi connectivity index (χ1n) is 5.83. The van der Waals surface area contributed by atoms with Crippen molar-refractivity contribution in [2.45, 2.75) is 13.3 Å². The quantitative estimate of drug-likeness (QED) is 0.374. The lowest BCUT2D eigenvalue weighted by Gasteiger charge is -2.11. The fraction of sp³-hybridized carbons (Fsp3) is 0.636. The fourth-order valence-corrected chi connectivity index (χ4v) is 1.41. The number of aromatic nitrogens is 2. The summed E-state index contributed by atoms with van der Waals surface area (Å²) in [7, 11) is 1.63. The maximum atomic E-state index is 5.54. The number of methoxy groups -OCH3 is 1. The summed E-state index contributed by atoms with van der Waals surface area (Å²) in [6, 6.07) is 0. The molecule has 0 radical (unpaired) electrons. The van der Waals surface area contributed by atoms with Gasteiger partial charge in [-0.15, -0.1) is 0 Å². The van der Waals surface area contributed by atoms with Crippen molar-refractivity contribution in [1.82, 2.24) is 9.97 Å². The van der Waals surface area contributed by atoms with Crippen LogP contribution < -0.4 is 16.0 Å². The highest BCUT2D eigenvalue weighted by atomic mass is 16.5. The molecular formula is C11H20N4O3. The summed E-state index contributed by atoms with van der Waals surface area (Å²) in [5.41, 5.74) is 3.38. The Labute approximate surface area is 107 Å². The Morgan fingerprint density at radius 3 is 2.67 bits per heavy atom. The standard InChI is InChI=1S/C11H20N4O3/c1-3-9-10(15-12)13-8-14-11(9)18-7-6-17-5-4-16-2/h8H,3-7,12H2,1-2H3,(H,13,14,15). The molecule has 3 N–H and O–H groups in total. The van der Waals surface area contributed by atoms with Gasteiger partial charge in [-0.25, -0.2) is 15.8 Å². The molecule has 0 aromatic carbocycles. The Kier molecular flexibility index (Phi) is 7.00. The SMILES string of the molecule is CCc1c(NN)ncnc1OCCOCCOC. The van der Waals surface area contributed by atoms with E-state index in [-0.39, 0.29) is 0 Å². The molecule has 1 aromatic rings. The monoisotopic (exact) mass is 256 g/mol. The molecule has 0 spiro atoms. The van der Waals surface area contributed by atoms with Crippen LogP contribution in [0, 0.1) is 0 Å². The third kappa shape index (κ3) is 4.44. The van der Waals surface area contributed by atoms with Crippen molar-refractivity contribution in [3.63, 3.8) is 0 Å². The molecule has 0 fully saturated rings. The highest BCUT2D eigenvalue weighted by Gasteiger charge is 2.09. The summed E-state index contributed by atoms with van der Waals surface area (Å²) >= 11 is 0. The van der Waals surface area contributed by atoms with E-state index in [1.165, 1.54) is 6.33 Å². The Morgan fingerprint density at radius 1 is 1.22 bits per heavy atom. The molecule has 0 bridgehead atoms. The molecule has 0 aliphatic rings. The van der Waals surface area contributed by atoms with Crippen molar-refractivity contribution >= 4 is 5.82 Å². The van der Waals surface area contributed by atoms with E-state index in [0.29, 0.717) is 38.1 Å². The molecular weight excluding hydrogens is 236 g/mol. The van der Waals surface area contributed by atoms with E-state index in [4.69, 9.17) is 20.1 Å². The number of hydrogen-bond donors (Lipinski definition) is 2. The first-order chi connectivity index (χ1) is 8.83. The highest BCUT2D eigenvalue weighted by molar-refractivity contribution is 5.47. The summed E-state index contributed by atoms with van der Waals surface area (Å²) in [5, 5.41) is 0. The predicted molar refractivity (Wildman–Crippen MR) is 67.4 cm³/mol. The van der Waals surface area contributed by atoms with E-state index in [1.807, 2.05) is 6.92 Å². The lowest BCUT2D eigenvalue weighted by molar-refractivity contribution is 0.0535. The van der Waals surface area contributed by atoms with Gasteiger partial charge in [0.25, 0.3) is 0 Å². The third-order valence-corrected chi connectivity index (χ3v) is 2.29. The summed E-state index contributed by atoms with van der Waals surface area (Å²) in [4.78, 5) is 8.11. The van der Waals surface area contributed by atoms with Crippen molar-refractivity contribution in [3.05, 3.63) is 11.9 Å². The molecule has 0 aliphatic carbocycles. The smallest absolute Gasteiger partial charge is 0.221 e. The zero-order chi connectivity index (χ0) is 13.2. The van der Waals surface area contributed by atoms with Crippen molar-refractivity contribution < 1.29 is 14.2 Å². The largest absolute Gasteiger partial charge is 0.475 e. The zero-order valence-electron chi connectivity index (χ0n) is 10.8. The molecule has 0 atom stereocenters. The average molecular weight is 256 g/mol. The predicted octanol–water partition coefficient (Wildman–Crippen LogP) is 0.366. The zero-order valence-corrected chi connectivity index (χ0v) is 10.8. The second kappa shape index (κ2) is 8.62. The van der Waals surface area contributed by atoms with Crippen LogP contribution in [0.15, 0.2) is 6.33 Å². The van der Waals surface area contributed by atoms with Crippen molar-refractivity contribution in [2.24, 2.45) is 5.84 Å². The average Bonchev–Trinajstić information content (AvgIpc) is 2.42. The highest BCUT2D eigenvalue weighted by Crippen LogP contribution is 2.21. The molecule has 0 saturated carbocycles. The van der Waals surface area contributed by atoms with Gasteiger partial charge in [0, 0.05) is 7.11 Å². The normalized spacial score (nSPS) is 10.4. The summed E-state index contributed by atoms with van der Waals surface area (Å²) < 4.78 is 15.7. The van der Waals surface area contributed by atoms with Gasteiger partial charge in [-0.1, -0.05) is 6.92 Å². The minimum absolute atomic E-state index is 0.428. The van der Waals surface area contributed by atoms with Crippen molar-refractivity contribution in [3.8, 4) is 5.88 Å². The van der Waals surface area contributed by atoms with Gasteiger partial charge in [0.2, 0.25) is 5.88 Å². The lowest BCUT2D eigenvalue weighted by Crippen LogP contribution is -2.15. The van der Waals surface area contributed by atoms with E-state index in [1.54, 1.807) is 7.11 Å². The van der Waals surface area contributed by atoms with E-state index < -0.39 is 0 Å². The second-order valence-corrected chi connectivity index (χ2v) is 3.46. The van der Waals surface area contributed by atoms with Crippen LogP contribution in [0.25, 0.3) is 0 Å². The van der Waals surface area contributed by atoms with E-state index in [9.17, 15) is 0 Å². The Balaban J connectivity index is 2.41. The number of rotatable bonds is 9. The molecule has 0 unspecified atom stereocenters. The second-order valence-electron chi connectivity index (χ2n) is 3.46. The number of anilines is 1. The molecule has 7 heteroatoms. The Bertz CT molecular complexity index is 349. The minimum atomic E-state index is 0.428. The van der Waals surface area contributed by atoms with Crippen LogP contribution in [-0.4, -0.2) is 43.5 Å². The van der Waals surface area contributed by atoms with E-state index in [2.05, 4.69) is 15.4 Å². The first-order valence-corrected chi connectivity index (χ1v) is 5.83. The number of ether oxygens (including phenoxy) is 3. The van der Waals surface area contributed by atoms with E-state index in [0.717, 1.165) is 12.0 Å². The van der Waals surface area contributed by atoms with Crippen LogP contribution in [0.5, 0.6) is 5.88 Å². The molecule has 0 aliphatic heterocycles. The van der Waals surface area contributed by atoms with Crippen LogP contribution in [0.1, 0.15) is 12.5 Å². The van der Waals surface area contributed by atoms with Gasteiger partial charge in [0.05, 0.1) is 25.4 Å². The van der Waals surface area contributed by atoms with Crippen LogP contribution in [0.3, 0.4) is 0 Å². The van der Waals surface area contributed by atoms with Gasteiger partial charge in [0.1, 0.15) is 18.8 Å².